The molecule has 0 aromatic heterocycles. The first kappa shape index (κ1) is 15.4. The van der Waals surface area contributed by atoms with Crippen LogP contribution in [0.5, 0.6) is 5.75 Å². The van der Waals surface area contributed by atoms with Gasteiger partial charge in [-0.25, -0.2) is 0 Å². The minimum Gasteiger partial charge on any atom is -0.488 e. The Labute approximate surface area is 132 Å². The fourth-order valence-corrected chi connectivity index (χ4v) is 3.65. The molecule has 2 unspecified atom stereocenters. The van der Waals surface area contributed by atoms with E-state index in [9.17, 15) is 5.11 Å². The van der Waals surface area contributed by atoms with Crippen LogP contribution in [0.4, 0.5) is 0 Å². The minimum absolute atomic E-state index is 0.00718. The first-order chi connectivity index (χ1) is 8.94. The molecule has 2 nitrogen and oxygen atoms in total. The van der Waals surface area contributed by atoms with Gasteiger partial charge in [-0.15, -0.1) is 0 Å². The van der Waals surface area contributed by atoms with E-state index in [0.717, 1.165) is 17.3 Å². The quantitative estimate of drug-likeness (QED) is 0.752. The van der Waals surface area contributed by atoms with E-state index in [1.54, 1.807) is 12.1 Å². The van der Waals surface area contributed by atoms with Gasteiger partial charge in [0.1, 0.15) is 11.9 Å². The van der Waals surface area contributed by atoms with E-state index >= 15 is 0 Å². The Balaban J connectivity index is 2.21. The molecule has 0 saturated heterocycles. The predicted octanol–water partition coefficient (Wildman–Crippen LogP) is 5.07. The van der Waals surface area contributed by atoms with Crippen LogP contribution in [0.3, 0.4) is 0 Å². The fourth-order valence-electron chi connectivity index (χ4n) is 2.82. The van der Waals surface area contributed by atoms with Gasteiger partial charge in [-0.3, -0.25) is 0 Å². The van der Waals surface area contributed by atoms with Crippen molar-refractivity contribution in [3.8, 4) is 5.75 Å². The minimum atomic E-state index is -0.294. The van der Waals surface area contributed by atoms with Crippen LogP contribution in [0.25, 0.3) is 0 Å². The third-order valence-corrected chi connectivity index (χ3v) is 5.80. The van der Waals surface area contributed by atoms with Crippen molar-refractivity contribution in [2.45, 2.75) is 45.3 Å². The van der Waals surface area contributed by atoms with Gasteiger partial charge in [0, 0.05) is 22.4 Å². The van der Waals surface area contributed by atoms with Crippen molar-refractivity contribution in [3.63, 3.8) is 0 Å². The molecule has 1 saturated carbocycles. The molecule has 0 radical (unpaired) electrons. The molecule has 1 aliphatic rings. The van der Waals surface area contributed by atoms with Crippen LogP contribution in [0, 0.1) is 5.41 Å². The summed E-state index contributed by atoms with van der Waals surface area (Å²) in [6.07, 6.45) is 2.12. The number of ether oxygens (including phenoxy) is 1. The van der Waals surface area contributed by atoms with Crippen LogP contribution in [0.15, 0.2) is 16.6 Å². The molecular weight excluding hydrogens is 351 g/mol. The second-order valence-corrected chi connectivity index (χ2v) is 6.66. The van der Waals surface area contributed by atoms with Crippen LogP contribution in [-0.4, -0.2) is 17.3 Å². The van der Waals surface area contributed by atoms with Crippen molar-refractivity contribution >= 4 is 39.1 Å². The van der Waals surface area contributed by atoms with E-state index in [2.05, 4.69) is 29.8 Å². The molecular formula is C14H17BrCl2O2. The van der Waals surface area contributed by atoms with Crippen LogP contribution in [-0.2, 0) is 0 Å². The zero-order valence-electron chi connectivity index (χ0n) is 10.9. The lowest BCUT2D eigenvalue weighted by Gasteiger charge is -2.52. The zero-order valence-corrected chi connectivity index (χ0v) is 14.0. The Kier molecular flexibility index (Phi) is 4.71. The molecule has 1 fully saturated rings. The Morgan fingerprint density at radius 1 is 1.32 bits per heavy atom. The highest BCUT2D eigenvalue weighted by atomic mass is 79.9. The summed E-state index contributed by atoms with van der Waals surface area (Å²) in [4.78, 5) is 0. The number of rotatable bonds is 4. The third-order valence-electron chi connectivity index (χ3n) is 4.30. The van der Waals surface area contributed by atoms with Gasteiger partial charge in [-0.05, 0) is 34.8 Å². The van der Waals surface area contributed by atoms with Crippen molar-refractivity contribution in [1.29, 1.82) is 0 Å². The maximum atomic E-state index is 10.0. The van der Waals surface area contributed by atoms with Gasteiger partial charge in [0.2, 0.25) is 0 Å². The van der Waals surface area contributed by atoms with Crippen molar-refractivity contribution in [3.05, 3.63) is 26.7 Å². The summed E-state index contributed by atoms with van der Waals surface area (Å²) in [5.74, 6) is 0.582. The maximum Gasteiger partial charge on any atom is 0.139 e. The monoisotopic (exact) mass is 366 g/mol. The molecule has 19 heavy (non-hydrogen) atoms. The van der Waals surface area contributed by atoms with E-state index in [0.29, 0.717) is 22.2 Å². The lowest BCUT2D eigenvalue weighted by molar-refractivity contribution is -0.159. The molecule has 2 atom stereocenters. The molecule has 2 rings (SSSR count). The number of hydrogen-bond acceptors (Lipinski definition) is 2. The van der Waals surface area contributed by atoms with E-state index < -0.39 is 0 Å². The summed E-state index contributed by atoms with van der Waals surface area (Å²) >= 11 is 15.6. The lowest BCUT2D eigenvalue weighted by atomic mass is 9.60. The highest BCUT2D eigenvalue weighted by Gasteiger charge is 2.53. The van der Waals surface area contributed by atoms with Crippen molar-refractivity contribution in [1.82, 2.24) is 0 Å². The van der Waals surface area contributed by atoms with Gasteiger partial charge in [0.05, 0.1) is 16.1 Å². The second kappa shape index (κ2) is 5.80. The third kappa shape index (κ3) is 2.63. The normalized spacial score (nSPS) is 24.9. The van der Waals surface area contributed by atoms with Crippen LogP contribution in [0.1, 0.15) is 33.1 Å². The Hall–Kier alpha value is 0.0400. The van der Waals surface area contributed by atoms with Crippen LogP contribution in [0.2, 0.25) is 10.0 Å². The number of aliphatic hydroxyl groups is 1. The molecule has 0 aliphatic heterocycles. The zero-order chi connectivity index (χ0) is 14.2. The Bertz CT molecular complexity index is 475. The summed E-state index contributed by atoms with van der Waals surface area (Å²) in [6.45, 7) is 4.16. The molecule has 0 heterocycles. The first-order valence-electron chi connectivity index (χ1n) is 6.43. The highest BCUT2D eigenvalue weighted by molar-refractivity contribution is 9.10. The summed E-state index contributed by atoms with van der Waals surface area (Å²) in [6, 6.07) is 3.45. The predicted molar refractivity (Wildman–Crippen MR) is 82.2 cm³/mol. The molecule has 1 aromatic carbocycles. The van der Waals surface area contributed by atoms with Crippen LogP contribution < -0.4 is 4.74 Å². The smallest absolute Gasteiger partial charge is 0.139 e. The average molecular weight is 368 g/mol. The lowest BCUT2D eigenvalue weighted by Crippen LogP contribution is -2.59. The molecule has 5 heteroatoms. The second-order valence-electron chi connectivity index (χ2n) is 5.00. The number of halogens is 3. The number of benzene rings is 1. The first-order valence-corrected chi connectivity index (χ1v) is 7.98. The largest absolute Gasteiger partial charge is 0.488 e. The van der Waals surface area contributed by atoms with Crippen molar-refractivity contribution in [2.24, 2.45) is 5.41 Å². The SMILES string of the molecule is CCC1(CC)C(O)CC1Oc1cc(Cl)c(Br)cc1Cl. The van der Waals surface area contributed by atoms with Gasteiger partial charge in [-0.1, -0.05) is 37.0 Å². The summed E-state index contributed by atoms with van der Waals surface area (Å²) in [5.41, 5.74) is -0.164. The Morgan fingerprint density at radius 2 is 1.95 bits per heavy atom. The molecule has 106 valence electrons. The van der Waals surface area contributed by atoms with Gasteiger partial charge >= 0.3 is 0 Å². The highest BCUT2D eigenvalue weighted by Crippen LogP contribution is 2.49. The maximum absolute atomic E-state index is 10.0. The van der Waals surface area contributed by atoms with Crippen molar-refractivity contribution in [2.75, 3.05) is 0 Å². The molecule has 1 aromatic rings. The average Bonchev–Trinajstić information content (AvgIpc) is 2.36. The van der Waals surface area contributed by atoms with Gasteiger partial charge in [0.15, 0.2) is 0 Å². The Morgan fingerprint density at radius 3 is 2.47 bits per heavy atom. The number of hydrogen-bond donors (Lipinski definition) is 1. The van der Waals surface area contributed by atoms with Gasteiger partial charge < -0.3 is 9.84 Å². The van der Waals surface area contributed by atoms with E-state index in [4.69, 9.17) is 27.9 Å². The molecule has 0 bridgehead atoms. The molecule has 0 amide bonds. The van der Waals surface area contributed by atoms with Crippen molar-refractivity contribution < 1.29 is 9.84 Å². The molecule has 0 spiro atoms. The molecule has 1 aliphatic carbocycles. The number of aliphatic hydroxyl groups excluding tert-OH is 1. The summed E-state index contributed by atoms with van der Waals surface area (Å²) < 4.78 is 6.74. The summed E-state index contributed by atoms with van der Waals surface area (Å²) in [7, 11) is 0. The summed E-state index contributed by atoms with van der Waals surface area (Å²) in [5, 5.41) is 11.1. The van der Waals surface area contributed by atoms with E-state index in [1.165, 1.54) is 0 Å². The van der Waals surface area contributed by atoms with Gasteiger partial charge in [-0.2, -0.15) is 0 Å². The standard InChI is InChI=1S/C14H17BrCl2O2/c1-3-14(4-2)12(18)7-13(14)19-11-6-9(16)8(15)5-10(11)17/h5-6,12-13,18H,3-4,7H2,1-2H3. The van der Waals surface area contributed by atoms with E-state index in [-0.39, 0.29) is 17.6 Å². The van der Waals surface area contributed by atoms with Crippen LogP contribution >= 0.6 is 39.1 Å². The molecule has 1 N–H and O–H groups in total. The topological polar surface area (TPSA) is 29.5 Å². The van der Waals surface area contributed by atoms with Gasteiger partial charge in [0.25, 0.3) is 0 Å². The fraction of sp³-hybridized carbons (Fsp3) is 0.571. The van der Waals surface area contributed by atoms with E-state index in [1.807, 2.05) is 0 Å².